The third kappa shape index (κ3) is 5.48. The largest absolute Gasteiger partial charge is 0.384 e. The van der Waals surface area contributed by atoms with Gasteiger partial charge in [0.1, 0.15) is 11.6 Å². The molecule has 1 fully saturated rings. The number of halogens is 1. The van der Waals surface area contributed by atoms with Crippen LogP contribution in [0.3, 0.4) is 0 Å². The van der Waals surface area contributed by atoms with Gasteiger partial charge in [0.05, 0.1) is 0 Å². The van der Waals surface area contributed by atoms with E-state index in [1.54, 1.807) is 12.1 Å². The van der Waals surface area contributed by atoms with Gasteiger partial charge in [0.2, 0.25) is 0 Å². The number of hydrogen-bond acceptors (Lipinski definition) is 5. The molecular weight excluding hydrogens is 341 g/mol. The molecule has 27 heavy (non-hydrogen) atoms. The Morgan fingerprint density at radius 3 is 2.81 bits per heavy atom. The molecule has 2 aromatic rings. The molecule has 1 aliphatic heterocycles. The summed E-state index contributed by atoms with van der Waals surface area (Å²) in [5, 5.41) is 3.52. The van der Waals surface area contributed by atoms with Crippen LogP contribution in [0.25, 0.3) is 0 Å². The second-order valence-corrected chi connectivity index (χ2v) is 7.46. The van der Waals surface area contributed by atoms with E-state index in [1.807, 2.05) is 19.1 Å². The number of rotatable bonds is 8. The second-order valence-electron chi connectivity index (χ2n) is 7.46. The molecule has 0 amide bonds. The van der Waals surface area contributed by atoms with E-state index in [9.17, 15) is 4.39 Å². The zero-order chi connectivity index (χ0) is 19.2. The Kier molecular flexibility index (Phi) is 6.77. The van der Waals surface area contributed by atoms with Crippen molar-refractivity contribution in [1.29, 1.82) is 0 Å². The molecule has 2 atom stereocenters. The van der Waals surface area contributed by atoms with Crippen LogP contribution in [0.2, 0.25) is 0 Å². The van der Waals surface area contributed by atoms with E-state index in [0.717, 1.165) is 55.8 Å². The number of pyridine rings is 1. The Morgan fingerprint density at radius 1 is 1.22 bits per heavy atom. The number of aryl methyl sites for hydroxylation is 1. The van der Waals surface area contributed by atoms with Gasteiger partial charge in [-0.2, -0.15) is 0 Å². The van der Waals surface area contributed by atoms with E-state index in [0.29, 0.717) is 24.3 Å². The number of hydrogen-bond donors (Lipinski definition) is 3. The van der Waals surface area contributed by atoms with Crippen molar-refractivity contribution in [2.45, 2.75) is 25.8 Å². The van der Waals surface area contributed by atoms with Crippen molar-refractivity contribution in [1.82, 2.24) is 15.2 Å². The maximum absolute atomic E-state index is 13.4. The normalized spacial score (nSPS) is 19.7. The van der Waals surface area contributed by atoms with Gasteiger partial charge in [0, 0.05) is 37.9 Å². The molecule has 5 N–H and O–H groups in total. The van der Waals surface area contributed by atoms with Crippen LogP contribution in [0.4, 0.5) is 10.2 Å². The fourth-order valence-electron chi connectivity index (χ4n) is 4.07. The van der Waals surface area contributed by atoms with Crippen molar-refractivity contribution in [2.24, 2.45) is 11.7 Å². The first-order valence-electron chi connectivity index (χ1n) is 9.67. The minimum absolute atomic E-state index is 0.179. The molecule has 2 heterocycles. The highest BCUT2D eigenvalue weighted by Crippen LogP contribution is 2.21. The topological polar surface area (TPSA) is 80.2 Å². The lowest BCUT2D eigenvalue weighted by Crippen LogP contribution is -2.45. The van der Waals surface area contributed by atoms with Gasteiger partial charge in [-0.1, -0.05) is 12.1 Å². The average Bonchev–Trinajstić information content (AvgIpc) is 3.05. The van der Waals surface area contributed by atoms with Crippen LogP contribution < -0.4 is 16.8 Å². The monoisotopic (exact) mass is 371 g/mol. The molecule has 1 saturated heterocycles. The number of aromatic nitrogens is 1. The van der Waals surface area contributed by atoms with Crippen LogP contribution >= 0.6 is 0 Å². The number of nitrogens with two attached hydrogens (primary N) is 2. The molecule has 146 valence electrons. The lowest BCUT2D eigenvalue weighted by molar-refractivity contribution is 0.177. The van der Waals surface area contributed by atoms with Gasteiger partial charge in [-0.3, -0.25) is 4.90 Å². The van der Waals surface area contributed by atoms with Gasteiger partial charge < -0.3 is 16.8 Å². The van der Waals surface area contributed by atoms with E-state index in [2.05, 4.69) is 21.3 Å². The molecule has 1 aromatic carbocycles. The molecule has 5 nitrogen and oxygen atoms in total. The van der Waals surface area contributed by atoms with E-state index in [4.69, 9.17) is 11.5 Å². The molecule has 0 radical (unpaired) electrons. The van der Waals surface area contributed by atoms with E-state index in [-0.39, 0.29) is 5.82 Å². The summed E-state index contributed by atoms with van der Waals surface area (Å²) in [6.45, 7) is 6.26. The maximum atomic E-state index is 13.4. The van der Waals surface area contributed by atoms with Gasteiger partial charge in [0.15, 0.2) is 0 Å². The number of nitrogens with one attached hydrogen (secondary N) is 1. The van der Waals surface area contributed by atoms with Crippen LogP contribution in [-0.4, -0.2) is 48.6 Å². The van der Waals surface area contributed by atoms with Gasteiger partial charge in [-0.25, -0.2) is 9.37 Å². The zero-order valence-corrected chi connectivity index (χ0v) is 16.0. The van der Waals surface area contributed by atoms with Crippen molar-refractivity contribution in [3.63, 3.8) is 0 Å². The van der Waals surface area contributed by atoms with Crippen molar-refractivity contribution in [2.75, 3.05) is 38.5 Å². The maximum Gasteiger partial charge on any atom is 0.123 e. The zero-order valence-electron chi connectivity index (χ0n) is 16.0. The SMILES string of the molecule is Cc1cc(N)nc(C[C@H]2CNC[C@@H]2N(CCN)CCc2cccc(F)c2)c1. The van der Waals surface area contributed by atoms with Crippen LogP contribution in [0.5, 0.6) is 0 Å². The minimum atomic E-state index is -0.179. The van der Waals surface area contributed by atoms with Crippen LogP contribution in [-0.2, 0) is 12.8 Å². The Labute approximate surface area is 161 Å². The molecule has 0 saturated carbocycles. The Balaban J connectivity index is 1.67. The smallest absolute Gasteiger partial charge is 0.123 e. The van der Waals surface area contributed by atoms with Crippen LogP contribution in [0.15, 0.2) is 36.4 Å². The third-order valence-corrected chi connectivity index (χ3v) is 5.28. The van der Waals surface area contributed by atoms with Crippen molar-refractivity contribution in [3.8, 4) is 0 Å². The summed E-state index contributed by atoms with van der Waals surface area (Å²) in [4.78, 5) is 6.94. The predicted molar refractivity (Wildman–Crippen MR) is 108 cm³/mol. The van der Waals surface area contributed by atoms with Crippen LogP contribution in [0, 0.1) is 18.7 Å². The highest BCUT2D eigenvalue weighted by molar-refractivity contribution is 5.34. The Hall–Kier alpha value is -2.02. The fraction of sp³-hybridized carbons (Fsp3) is 0.476. The number of benzene rings is 1. The van der Waals surface area contributed by atoms with Gasteiger partial charge in [-0.05, 0) is 67.6 Å². The van der Waals surface area contributed by atoms with E-state index in [1.165, 1.54) is 6.07 Å². The van der Waals surface area contributed by atoms with Gasteiger partial charge in [0.25, 0.3) is 0 Å². The summed E-state index contributed by atoms with van der Waals surface area (Å²) < 4.78 is 13.4. The molecule has 0 unspecified atom stereocenters. The summed E-state index contributed by atoms with van der Waals surface area (Å²) in [6, 6.07) is 11.3. The van der Waals surface area contributed by atoms with E-state index >= 15 is 0 Å². The van der Waals surface area contributed by atoms with E-state index < -0.39 is 0 Å². The summed E-state index contributed by atoms with van der Waals surface area (Å²) >= 11 is 0. The third-order valence-electron chi connectivity index (χ3n) is 5.28. The second kappa shape index (κ2) is 9.26. The molecule has 0 spiro atoms. The average molecular weight is 372 g/mol. The summed E-state index contributed by atoms with van der Waals surface area (Å²) in [5.41, 5.74) is 15.0. The van der Waals surface area contributed by atoms with Crippen LogP contribution in [0.1, 0.15) is 16.8 Å². The number of anilines is 1. The van der Waals surface area contributed by atoms with Crippen molar-refractivity contribution in [3.05, 3.63) is 59.0 Å². The molecule has 0 aliphatic carbocycles. The first-order valence-corrected chi connectivity index (χ1v) is 9.67. The molecule has 0 bridgehead atoms. The Bertz CT molecular complexity index is 731. The fourth-order valence-corrected chi connectivity index (χ4v) is 4.07. The molecule has 1 aliphatic rings. The quantitative estimate of drug-likeness (QED) is 0.659. The molecule has 3 rings (SSSR count). The minimum Gasteiger partial charge on any atom is -0.384 e. The van der Waals surface area contributed by atoms with Crippen molar-refractivity contribution < 1.29 is 4.39 Å². The highest BCUT2D eigenvalue weighted by Gasteiger charge is 2.32. The molecule has 1 aromatic heterocycles. The Morgan fingerprint density at radius 2 is 2.07 bits per heavy atom. The predicted octanol–water partition coefficient (Wildman–Crippen LogP) is 1.75. The van der Waals surface area contributed by atoms with Gasteiger partial charge >= 0.3 is 0 Å². The number of nitrogen functional groups attached to an aromatic ring is 1. The summed E-state index contributed by atoms with van der Waals surface area (Å²) in [6.07, 6.45) is 1.71. The van der Waals surface area contributed by atoms with Gasteiger partial charge in [-0.15, -0.1) is 0 Å². The first-order chi connectivity index (χ1) is 13.0. The van der Waals surface area contributed by atoms with Crippen molar-refractivity contribution >= 4 is 5.82 Å². The number of nitrogens with zero attached hydrogens (tertiary/aromatic N) is 2. The lowest BCUT2D eigenvalue weighted by atomic mass is 9.95. The molecular formula is C21H30FN5. The first kappa shape index (κ1) is 19.7. The highest BCUT2D eigenvalue weighted by atomic mass is 19.1. The standard InChI is InChI=1S/C21H30FN5/c1-15-9-19(26-21(24)10-15)12-17-13-25-14-20(17)27(8-6-23)7-5-16-3-2-4-18(22)11-16/h2-4,9-11,17,20,25H,5-8,12-14,23H2,1H3,(H2,24,26)/t17-,20-/m0/s1. The summed E-state index contributed by atoms with van der Waals surface area (Å²) in [5.74, 6) is 0.858. The summed E-state index contributed by atoms with van der Waals surface area (Å²) in [7, 11) is 0. The molecule has 6 heteroatoms. The lowest BCUT2D eigenvalue weighted by Gasteiger charge is -2.32.